The minimum absolute atomic E-state index is 0.0312. The maximum atomic E-state index is 11.9. The van der Waals surface area contributed by atoms with Gasteiger partial charge in [0, 0.05) is 19.7 Å². The van der Waals surface area contributed by atoms with Crippen molar-refractivity contribution < 1.29 is 9.90 Å². The molecule has 0 heterocycles. The van der Waals surface area contributed by atoms with Crippen LogP contribution in [0.3, 0.4) is 0 Å². The van der Waals surface area contributed by atoms with Crippen molar-refractivity contribution in [1.82, 2.24) is 4.90 Å². The van der Waals surface area contributed by atoms with Crippen molar-refractivity contribution in [2.75, 3.05) is 14.1 Å². The molecule has 2 rings (SSSR count). The molecule has 0 unspecified atom stereocenters. The smallest absolute Gasteiger partial charge is 0.253 e. The van der Waals surface area contributed by atoms with Gasteiger partial charge in [-0.2, -0.15) is 0 Å². The fourth-order valence-corrected chi connectivity index (χ4v) is 1.70. The van der Waals surface area contributed by atoms with E-state index in [-0.39, 0.29) is 11.7 Å². The van der Waals surface area contributed by atoms with Crippen molar-refractivity contribution in [1.29, 1.82) is 0 Å². The monoisotopic (exact) mass is 215 g/mol. The van der Waals surface area contributed by atoms with E-state index in [9.17, 15) is 9.90 Å². The highest BCUT2D eigenvalue weighted by molar-refractivity contribution is 6.07. The first-order chi connectivity index (χ1) is 7.59. The highest BCUT2D eigenvalue weighted by atomic mass is 16.3. The summed E-state index contributed by atoms with van der Waals surface area (Å²) in [4.78, 5) is 13.5. The van der Waals surface area contributed by atoms with Gasteiger partial charge in [0.15, 0.2) is 0 Å². The Morgan fingerprint density at radius 3 is 2.62 bits per heavy atom. The van der Waals surface area contributed by atoms with E-state index in [0.717, 1.165) is 10.8 Å². The largest absolute Gasteiger partial charge is 0.508 e. The molecule has 3 nitrogen and oxygen atoms in total. The minimum Gasteiger partial charge on any atom is -0.508 e. The summed E-state index contributed by atoms with van der Waals surface area (Å²) in [5, 5.41) is 11.1. The lowest BCUT2D eigenvalue weighted by Gasteiger charge is -2.12. The Morgan fingerprint density at radius 2 is 1.94 bits per heavy atom. The van der Waals surface area contributed by atoms with E-state index in [0.29, 0.717) is 5.56 Å². The molecule has 0 saturated carbocycles. The van der Waals surface area contributed by atoms with Crippen molar-refractivity contribution in [3.63, 3.8) is 0 Å². The van der Waals surface area contributed by atoms with E-state index in [1.807, 2.05) is 12.1 Å². The van der Waals surface area contributed by atoms with Gasteiger partial charge in [-0.1, -0.05) is 12.1 Å². The number of phenols is 1. The van der Waals surface area contributed by atoms with Crippen LogP contribution in [0, 0.1) is 0 Å². The van der Waals surface area contributed by atoms with E-state index >= 15 is 0 Å². The number of hydrogen-bond donors (Lipinski definition) is 1. The average molecular weight is 215 g/mol. The molecule has 16 heavy (non-hydrogen) atoms. The van der Waals surface area contributed by atoms with Crippen molar-refractivity contribution in [2.45, 2.75) is 0 Å². The standard InChI is InChI=1S/C13H13NO2/c1-14(2)13(16)12-5-3-4-9-8-10(15)6-7-11(9)12/h3-8,15H,1-2H3. The zero-order valence-electron chi connectivity index (χ0n) is 9.27. The SMILES string of the molecule is CN(C)C(=O)c1cccc2cc(O)ccc12. The predicted octanol–water partition coefficient (Wildman–Crippen LogP) is 2.25. The Kier molecular flexibility index (Phi) is 2.52. The van der Waals surface area contributed by atoms with Crippen LogP contribution in [0.25, 0.3) is 10.8 Å². The number of rotatable bonds is 1. The Balaban J connectivity index is 2.67. The maximum absolute atomic E-state index is 11.9. The second kappa shape index (κ2) is 3.85. The van der Waals surface area contributed by atoms with Crippen LogP contribution in [0.15, 0.2) is 36.4 Å². The number of carbonyl (C=O) groups is 1. The highest BCUT2D eigenvalue weighted by Gasteiger charge is 2.11. The average Bonchev–Trinajstić information content (AvgIpc) is 2.26. The van der Waals surface area contributed by atoms with Gasteiger partial charge in [-0.3, -0.25) is 4.79 Å². The predicted molar refractivity (Wildman–Crippen MR) is 63.6 cm³/mol. The van der Waals surface area contributed by atoms with Crippen LogP contribution in [0.5, 0.6) is 5.75 Å². The van der Waals surface area contributed by atoms with E-state index in [2.05, 4.69) is 0 Å². The molecule has 0 bridgehead atoms. The van der Waals surface area contributed by atoms with Gasteiger partial charge in [-0.05, 0) is 35.0 Å². The number of benzene rings is 2. The Bertz CT molecular complexity index is 547. The van der Waals surface area contributed by atoms with Gasteiger partial charge in [-0.25, -0.2) is 0 Å². The summed E-state index contributed by atoms with van der Waals surface area (Å²) in [6.07, 6.45) is 0. The van der Waals surface area contributed by atoms with Crippen LogP contribution in [-0.4, -0.2) is 30.0 Å². The van der Waals surface area contributed by atoms with Crippen molar-refractivity contribution in [3.05, 3.63) is 42.0 Å². The summed E-state index contributed by atoms with van der Waals surface area (Å²) in [7, 11) is 3.45. The van der Waals surface area contributed by atoms with Gasteiger partial charge >= 0.3 is 0 Å². The summed E-state index contributed by atoms with van der Waals surface area (Å²) in [5.41, 5.74) is 0.655. The van der Waals surface area contributed by atoms with Crippen molar-refractivity contribution in [2.24, 2.45) is 0 Å². The van der Waals surface area contributed by atoms with Gasteiger partial charge in [0.2, 0.25) is 0 Å². The first-order valence-electron chi connectivity index (χ1n) is 5.03. The van der Waals surface area contributed by atoms with E-state index in [1.54, 1.807) is 43.3 Å². The summed E-state index contributed by atoms with van der Waals surface area (Å²) in [6.45, 7) is 0. The van der Waals surface area contributed by atoms with Crippen LogP contribution in [0.2, 0.25) is 0 Å². The summed E-state index contributed by atoms with van der Waals surface area (Å²) >= 11 is 0. The number of nitrogens with zero attached hydrogens (tertiary/aromatic N) is 1. The highest BCUT2D eigenvalue weighted by Crippen LogP contribution is 2.23. The number of phenolic OH excluding ortho intramolecular Hbond substituents is 1. The molecular weight excluding hydrogens is 202 g/mol. The second-order valence-electron chi connectivity index (χ2n) is 3.91. The molecule has 0 spiro atoms. The second-order valence-corrected chi connectivity index (χ2v) is 3.91. The number of amides is 1. The molecule has 2 aromatic carbocycles. The topological polar surface area (TPSA) is 40.5 Å². The fourth-order valence-electron chi connectivity index (χ4n) is 1.70. The third kappa shape index (κ3) is 1.72. The first-order valence-corrected chi connectivity index (χ1v) is 5.03. The third-order valence-electron chi connectivity index (χ3n) is 2.50. The molecule has 3 heteroatoms. The van der Waals surface area contributed by atoms with Crippen LogP contribution < -0.4 is 0 Å². The molecule has 1 amide bonds. The lowest BCUT2D eigenvalue weighted by Crippen LogP contribution is -2.21. The van der Waals surface area contributed by atoms with Gasteiger partial charge < -0.3 is 10.0 Å². The fraction of sp³-hybridized carbons (Fsp3) is 0.154. The van der Waals surface area contributed by atoms with Crippen LogP contribution >= 0.6 is 0 Å². The maximum Gasteiger partial charge on any atom is 0.253 e. The number of hydrogen-bond acceptors (Lipinski definition) is 2. The Hall–Kier alpha value is -2.03. The van der Waals surface area contributed by atoms with Crippen LogP contribution in [-0.2, 0) is 0 Å². The third-order valence-corrected chi connectivity index (χ3v) is 2.50. The lowest BCUT2D eigenvalue weighted by molar-refractivity contribution is 0.0829. The molecule has 2 aromatic rings. The van der Waals surface area contributed by atoms with Gasteiger partial charge in [0.25, 0.3) is 5.91 Å². The molecular formula is C13H13NO2. The molecule has 0 fully saturated rings. The van der Waals surface area contributed by atoms with Crippen LogP contribution in [0.4, 0.5) is 0 Å². The molecule has 1 N–H and O–H groups in total. The van der Waals surface area contributed by atoms with Crippen LogP contribution in [0.1, 0.15) is 10.4 Å². The zero-order chi connectivity index (χ0) is 11.7. The Morgan fingerprint density at radius 1 is 1.19 bits per heavy atom. The number of fused-ring (bicyclic) bond motifs is 1. The van der Waals surface area contributed by atoms with E-state index in [4.69, 9.17) is 0 Å². The molecule has 0 atom stereocenters. The summed E-state index contributed by atoms with van der Waals surface area (Å²) in [5.74, 6) is 0.179. The zero-order valence-corrected chi connectivity index (χ0v) is 9.27. The first kappa shape index (κ1) is 10.5. The molecule has 0 saturated heterocycles. The summed E-state index contributed by atoms with van der Waals surface area (Å²) in [6, 6.07) is 10.5. The van der Waals surface area contributed by atoms with E-state index in [1.165, 1.54) is 0 Å². The lowest BCUT2D eigenvalue weighted by atomic mass is 10.0. The molecule has 0 aliphatic heterocycles. The molecule has 0 aliphatic carbocycles. The summed E-state index contributed by atoms with van der Waals surface area (Å²) < 4.78 is 0. The minimum atomic E-state index is -0.0312. The molecule has 0 aliphatic rings. The quantitative estimate of drug-likeness (QED) is 0.792. The molecule has 0 aromatic heterocycles. The molecule has 82 valence electrons. The van der Waals surface area contributed by atoms with Crippen molar-refractivity contribution >= 4 is 16.7 Å². The van der Waals surface area contributed by atoms with Gasteiger partial charge in [0.1, 0.15) is 5.75 Å². The normalized spacial score (nSPS) is 10.4. The van der Waals surface area contributed by atoms with Gasteiger partial charge in [-0.15, -0.1) is 0 Å². The van der Waals surface area contributed by atoms with Crippen molar-refractivity contribution in [3.8, 4) is 5.75 Å². The number of aromatic hydroxyl groups is 1. The molecule has 0 radical (unpaired) electrons. The Labute approximate surface area is 93.9 Å². The number of carbonyl (C=O) groups excluding carboxylic acids is 1. The van der Waals surface area contributed by atoms with Gasteiger partial charge in [0.05, 0.1) is 0 Å². The van der Waals surface area contributed by atoms with E-state index < -0.39 is 0 Å².